The van der Waals surface area contributed by atoms with Crippen molar-refractivity contribution >= 4 is 11.5 Å². The zero-order chi connectivity index (χ0) is 16.2. The third kappa shape index (κ3) is 3.16. The molecule has 2 nitrogen and oxygen atoms in total. The quantitative estimate of drug-likeness (QED) is 0.654. The normalized spacial score (nSPS) is 10.3. The highest BCUT2D eigenvalue weighted by Crippen LogP contribution is 2.26. The van der Waals surface area contributed by atoms with E-state index in [0.29, 0.717) is 5.56 Å². The standard InChI is InChI=1S/C21H19NO/c1-22(2)18-12-8-11-17(15-18)21(23)20-14-7-6-13-19(20)16-9-4-3-5-10-16/h3-15H,1-2H3. The lowest BCUT2D eigenvalue weighted by molar-refractivity contribution is 0.103. The molecule has 0 spiro atoms. The van der Waals surface area contributed by atoms with Gasteiger partial charge in [0.2, 0.25) is 0 Å². The molecular formula is C21H19NO. The van der Waals surface area contributed by atoms with Gasteiger partial charge in [-0.3, -0.25) is 4.79 Å². The summed E-state index contributed by atoms with van der Waals surface area (Å²) in [4.78, 5) is 15.0. The Kier molecular flexibility index (Phi) is 4.24. The molecule has 0 radical (unpaired) electrons. The number of hydrogen-bond acceptors (Lipinski definition) is 2. The maximum Gasteiger partial charge on any atom is 0.193 e. The van der Waals surface area contributed by atoms with Crippen LogP contribution >= 0.6 is 0 Å². The van der Waals surface area contributed by atoms with Crippen molar-refractivity contribution in [3.8, 4) is 11.1 Å². The Morgan fingerprint density at radius 1 is 0.783 bits per heavy atom. The van der Waals surface area contributed by atoms with Gasteiger partial charge in [0.1, 0.15) is 0 Å². The maximum absolute atomic E-state index is 13.0. The summed E-state index contributed by atoms with van der Waals surface area (Å²) in [6, 6.07) is 25.5. The van der Waals surface area contributed by atoms with Crippen LogP contribution in [0.15, 0.2) is 78.9 Å². The van der Waals surface area contributed by atoms with E-state index in [4.69, 9.17) is 0 Å². The number of hydrogen-bond donors (Lipinski definition) is 0. The van der Waals surface area contributed by atoms with Crippen molar-refractivity contribution in [1.29, 1.82) is 0 Å². The molecule has 0 aliphatic heterocycles. The summed E-state index contributed by atoms with van der Waals surface area (Å²) in [5, 5.41) is 0. The van der Waals surface area contributed by atoms with Crippen LogP contribution in [-0.4, -0.2) is 19.9 Å². The van der Waals surface area contributed by atoms with Gasteiger partial charge < -0.3 is 4.90 Å². The highest BCUT2D eigenvalue weighted by molar-refractivity contribution is 6.13. The zero-order valence-electron chi connectivity index (χ0n) is 13.4. The van der Waals surface area contributed by atoms with Crippen molar-refractivity contribution in [3.63, 3.8) is 0 Å². The van der Waals surface area contributed by atoms with E-state index in [0.717, 1.165) is 22.4 Å². The van der Waals surface area contributed by atoms with Gasteiger partial charge in [-0.2, -0.15) is 0 Å². The predicted molar refractivity (Wildman–Crippen MR) is 96.1 cm³/mol. The summed E-state index contributed by atoms with van der Waals surface area (Å²) in [6.45, 7) is 0. The average Bonchev–Trinajstić information content (AvgIpc) is 2.62. The molecule has 0 heterocycles. The second-order valence-corrected chi connectivity index (χ2v) is 5.69. The second kappa shape index (κ2) is 6.49. The second-order valence-electron chi connectivity index (χ2n) is 5.69. The van der Waals surface area contributed by atoms with Crippen molar-refractivity contribution in [3.05, 3.63) is 90.0 Å². The first-order chi connectivity index (χ1) is 11.2. The molecule has 0 saturated carbocycles. The van der Waals surface area contributed by atoms with Crippen LogP contribution in [0.4, 0.5) is 5.69 Å². The Hall–Kier alpha value is -2.87. The molecule has 0 aliphatic rings. The molecule has 3 aromatic carbocycles. The molecular weight excluding hydrogens is 282 g/mol. The molecule has 0 aromatic heterocycles. The van der Waals surface area contributed by atoms with E-state index in [1.807, 2.05) is 97.9 Å². The fourth-order valence-electron chi connectivity index (χ4n) is 2.63. The minimum Gasteiger partial charge on any atom is -0.378 e. The Morgan fingerprint density at radius 3 is 2.22 bits per heavy atom. The number of nitrogens with zero attached hydrogens (tertiary/aromatic N) is 1. The van der Waals surface area contributed by atoms with Crippen molar-refractivity contribution in [2.75, 3.05) is 19.0 Å². The fraction of sp³-hybridized carbons (Fsp3) is 0.0952. The lowest BCUT2D eigenvalue weighted by Crippen LogP contribution is -2.10. The van der Waals surface area contributed by atoms with Crippen LogP contribution in [0.25, 0.3) is 11.1 Å². The van der Waals surface area contributed by atoms with E-state index in [1.165, 1.54) is 0 Å². The van der Waals surface area contributed by atoms with Crippen LogP contribution in [-0.2, 0) is 0 Å². The Bertz CT molecular complexity index is 822. The molecule has 0 atom stereocenters. The largest absolute Gasteiger partial charge is 0.378 e. The van der Waals surface area contributed by atoms with Gasteiger partial charge in [-0.15, -0.1) is 0 Å². The van der Waals surface area contributed by atoms with E-state index in [-0.39, 0.29) is 5.78 Å². The predicted octanol–water partition coefficient (Wildman–Crippen LogP) is 4.65. The van der Waals surface area contributed by atoms with Crippen LogP contribution in [0.3, 0.4) is 0 Å². The van der Waals surface area contributed by atoms with Gasteiger partial charge >= 0.3 is 0 Å². The molecule has 0 saturated heterocycles. The average molecular weight is 301 g/mol. The smallest absolute Gasteiger partial charge is 0.193 e. The molecule has 0 N–H and O–H groups in total. The number of carbonyl (C=O) groups excluding carboxylic acids is 1. The van der Waals surface area contributed by atoms with E-state index in [2.05, 4.69) is 0 Å². The van der Waals surface area contributed by atoms with Crippen molar-refractivity contribution < 1.29 is 4.79 Å². The van der Waals surface area contributed by atoms with Gasteiger partial charge in [-0.05, 0) is 23.3 Å². The molecule has 0 aliphatic carbocycles. The molecule has 0 bridgehead atoms. The number of ketones is 1. The van der Waals surface area contributed by atoms with Gasteiger partial charge in [-0.25, -0.2) is 0 Å². The van der Waals surface area contributed by atoms with Crippen molar-refractivity contribution in [2.24, 2.45) is 0 Å². The third-order valence-electron chi connectivity index (χ3n) is 3.88. The molecule has 23 heavy (non-hydrogen) atoms. The Morgan fingerprint density at radius 2 is 1.48 bits per heavy atom. The van der Waals surface area contributed by atoms with E-state index in [9.17, 15) is 4.79 Å². The van der Waals surface area contributed by atoms with Crippen LogP contribution < -0.4 is 4.90 Å². The number of carbonyl (C=O) groups is 1. The lowest BCUT2D eigenvalue weighted by atomic mass is 9.94. The van der Waals surface area contributed by atoms with Gasteiger partial charge in [0.25, 0.3) is 0 Å². The van der Waals surface area contributed by atoms with Gasteiger partial charge in [0, 0.05) is 30.9 Å². The van der Waals surface area contributed by atoms with Gasteiger partial charge in [-0.1, -0.05) is 66.7 Å². The molecule has 0 fully saturated rings. The maximum atomic E-state index is 13.0. The third-order valence-corrected chi connectivity index (χ3v) is 3.88. The molecule has 2 heteroatoms. The van der Waals surface area contributed by atoms with Gasteiger partial charge in [0.15, 0.2) is 5.78 Å². The summed E-state index contributed by atoms with van der Waals surface area (Å²) >= 11 is 0. The first-order valence-electron chi connectivity index (χ1n) is 7.63. The first-order valence-corrected chi connectivity index (χ1v) is 7.63. The monoisotopic (exact) mass is 301 g/mol. The Labute approximate surface area is 137 Å². The lowest BCUT2D eigenvalue weighted by Gasteiger charge is -2.14. The van der Waals surface area contributed by atoms with Gasteiger partial charge in [0.05, 0.1) is 0 Å². The van der Waals surface area contributed by atoms with Crippen LogP contribution in [0, 0.1) is 0 Å². The number of benzene rings is 3. The summed E-state index contributed by atoms with van der Waals surface area (Å²) in [5.41, 5.74) is 4.48. The van der Waals surface area contributed by atoms with E-state index in [1.54, 1.807) is 0 Å². The van der Waals surface area contributed by atoms with Crippen LogP contribution in [0.1, 0.15) is 15.9 Å². The molecule has 3 aromatic rings. The topological polar surface area (TPSA) is 20.3 Å². The van der Waals surface area contributed by atoms with E-state index < -0.39 is 0 Å². The highest BCUT2D eigenvalue weighted by Gasteiger charge is 2.14. The first kappa shape index (κ1) is 15.0. The fourth-order valence-corrected chi connectivity index (χ4v) is 2.63. The molecule has 3 rings (SSSR count). The molecule has 0 unspecified atom stereocenters. The minimum atomic E-state index is 0.0492. The SMILES string of the molecule is CN(C)c1cccc(C(=O)c2ccccc2-c2ccccc2)c1. The van der Waals surface area contributed by atoms with Crippen molar-refractivity contribution in [1.82, 2.24) is 0 Å². The summed E-state index contributed by atoms with van der Waals surface area (Å²) in [5.74, 6) is 0.0492. The minimum absolute atomic E-state index is 0.0492. The summed E-state index contributed by atoms with van der Waals surface area (Å²) in [6.07, 6.45) is 0. The molecule has 0 amide bonds. The number of rotatable bonds is 4. The Balaban J connectivity index is 2.06. The summed E-state index contributed by atoms with van der Waals surface area (Å²) < 4.78 is 0. The van der Waals surface area contributed by atoms with Crippen LogP contribution in [0.5, 0.6) is 0 Å². The number of anilines is 1. The zero-order valence-corrected chi connectivity index (χ0v) is 13.4. The molecule has 114 valence electrons. The van der Waals surface area contributed by atoms with Crippen LogP contribution in [0.2, 0.25) is 0 Å². The summed E-state index contributed by atoms with van der Waals surface area (Å²) in [7, 11) is 3.95. The highest BCUT2D eigenvalue weighted by atomic mass is 16.1. The van der Waals surface area contributed by atoms with Crippen molar-refractivity contribution in [2.45, 2.75) is 0 Å². The van der Waals surface area contributed by atoms with E-state index >= 15 is 0 Å².